The summed E-state index contributed by atoms with van der Waals surface area (Å²) in [6.45, 7) is 3.78. The lowest BCUT2D eigenvalue weighted by molar-refractivity contribution is 0.0596. The van der Waals surface area contributed by atoms with Crippen LogP contribution in [-0.2, 0) is 4.74 Å². The molecular weight excluding hydrogens is 358 g/mol. The number of nitrogens with zero attached hydrogens (tertiary/aromatic N) is 2. The fourth-order valence-electron chi connectivity index (χ4n) is 3.21. The maximum atomic E-state index is 12.8. The third-order valence-corrected chi connectivity index (χ3v) is 4.87. The first-order valence-electron chi connectivity index (χ1n) is 9.13. The van der Waals surface area contributed by atoms with Crippen molar-refractivity contribution in [2.75, 3.05) is 57.7 Å². The lowest BCUT2D eigenvalue weighted by Crippen LogP contribution is -2.44. The van der Waals surface area contributed by atoms with Gasteiger partial charge >= 0.3 is 5.97 Å². The third-order valence-electron chi connectivity index (χ3n) is 4.87. The zero-order valence-corrected chi connectivity index (χ0v) is 16.4. The van der Waals surface area contributed by atoms with Gasteiger partial charge in [-0.15, -0.1) is 0 Å². The highest BCUT2D eigenvalue weighted by Gasteiger charge is 2.19. The van der Waals surface area contributed by atoms with Crippen molar-refractivity contribution < 1.29 is 19.1 Å². The van der Waals surface area contributed by atoms with Crippen molar-refractivity contribution >= 4 is 23.3 Å². The molecule has 0 aromatic heterocycles. The number of rotatable bonds is 5. The van der Waals surface area contributed by atoms with Crippen LogP contribution in [0.15, 0.2) is 42.5 Å². The lowest BCUT2D eigenvalue weighted by atomic mass is 10.1. The van der Waals surface area contributed by atoms with Crippen molar-refractivity contribution in [2.24, 2.45) is 0 Å². The zero-order chi connectivity index (χ0) is 20.1. The van der Waals surface area contributed by atoms with Gasteiger partial charge in [0.2, 0.25) is 0 Å². The maximum absolute atomic E-state index is 12.8. The van der Waals surface area contributed by atoms with Crippen LogP contribution in [0.3, 0.4) is 0 Å². The van der Waals surface area contributed by atoms with Gasteiger partial charge in [0.1, 0.15) is 11.3 Å². The Morgan fingerprint density at radius 1 is 1.00 bits per heavy atom. The van der Waals surface area contributed by atoms with Crippen molar-refractivity contribution in [3.8, 4) is 5.75 Å². The number of esters is 1. The van der Waals surface area contributed by atoms with Crippen LogP contribution in [0.25, 0.3) is 0 Å². The van der Waals surface area contributed by atoms with Gasteiger partial charge < -0.3 is 24.6 Å². The molecule has 1 saturated heterocycles. The molecule has 2 aromatic carbocycles. The molecule has 1 fully saturated rings. The summed E-state index contributed by atoms with van der Waals surface area (Å²) in [7, 11) is 4.86. The summed E-state index contributed by atoms with van der Waals surface area (Å²) in [4.78, 5) is 29.2. The van der Waals surface area contributed by atoms with Crippen LogP contribution in [0.2, 0.25) is 0 Å². The molecule has 0 unspecified atom stereocenters. The summed E-state index contributed by atoms with van der Waals surface area (Å²) >= 11 is 0. The number of methoxy groups -OCH3 is 2. The molecule has 0 radical (unpaired) electrons. The second kappa shape index (κ2) is 8.75. The molecule has 0 saturated carbocycles. The van der Waals surface area contributed by atoms with Gasteiger partial charge in [-0.05, 0) is 37.4 Å². The number of hydrogen-bond donors (Lipinski definition) is 1. The average molecular weight is 383 g/mol. The molecule has 0 bridgehead atoms. The number of ether oxygens (including phenoxy) is 2. The maximum Gasteiger partial charge on any atom is 0.341 e. The molecule has 3 rings (SSSR count). The number of para-hydroxylation sites is 2. The largest absolute Gasteiger partial charge is 0.496 e. The van der Waals surface area contributed by atoms with Crippen molar-refractivity contribution in [1.82, 2.24) is 4.90 Å². The van der Waals surface area contributed by atoms with Gasteiger partial charge in [0.25, 0.3) is 5.91 Å². The fourth-order valence-corrected chi connectivity index (χ4v) is 3.21. The molecule has 1 N–H and O–H groups in total. The summed E-state index contributed by atoms with van der Waals surface area (Å²) in [5.41, 5.74) is 2.44. The lowest BCUT2D eigenvalue weighted by Gasteiger charge is -2.35. The van der Waals surface area contributed by atoms with Crippen molar-refractivity contribution in [2.45, 2.75) is 0 Å². The second-order valence-corrected chi connectivity index (χ2v) is 6.67. The third kappa shape index (κ3) is 4.26. The summed E-state index contributed by atoms with van der Waals surface area (Å²) in [5.74, 6) is -0.479. The molecule has 148 valence electrons. The number of anilines is 2. The first kappa shape index (κ1) is 19.7. The number of likely N-dealkylation sites (N-methyl/N-ethyl adjacent to an activating group) is 1. The summed E-state index contributed by atoms with van der Waals surface area (Å²) < 4.78 is 9.98. The summed E-state index contributed by atoms with van der Waals surface area (Å²) in [6, 6.07) is 12.4. The van der Waals surface area contributed by atoms with E-state index >= 15 is 0 Å². The van der Waals surface area contributed by atoms with E-state index in [-0.39, 0.29) is 11.5 Å². The van der Waals surface area contributed by atoms with E-state index in [9.17, 15) is 9.59 Å². The Morgan fingerprint density at radius 3 is 2.39 bits per heavy atom. The predicted octanol–water partition coefficient (Wildman–Crippen LogP) is 2.49. The van der Waals surface area contributed by atoms with Crippen LogP contribution in [0.5, 0.6) is 5.75 Å². The molecule has 2 aromatic rings. The van der Waals surface area contributed by atoms with E-state index in [4.69, 9.17) is 9.47 Å². The minimum absolute atomic E-state index is 0.267. The molecule has 1 heterocycles. The van der Waals surface area contributed by atoms with Crippen LogP contribution in [-0.4, -0.2) is 64.2 Å². The number of carbonyl (C=O) groups is 2. The Bertz CT molecular complexity index is 860. The van der Waals surface area contributed by atoms with Crippen LogP contribution in [0.4, 0.5) is 11.4 Å². The van der Waals surface area contributed by atoms with E-state index in [1.165, 1.54) is 20.3 Å². The molecule has 1 amide bonds. The SMILES string of the molecule is COC(=O)c1ccc(C(=O)Nc2ccccc2N2CCN(C)CC2)cc1OC. The Labute approximate surface area is 164 Å². The van der Waals surface area contributed by atoms with Gasteiger partial charge in [0, 0.05) is 31.7 Å². The first-order chi connectivity index (χ1) is 13.5. The Balaban J connectivity index is 1.81. The molecule has 0 atom stereocenters. The standard InChI is InChI=1S/C21H25N3O4/c1-23-10-12-24(13-11-23)18-7-5-4-6-17(18)22-20(25)15-8-9-16(21(26)28-3)19(14-15)27-2/h4-9,14H,10-13H2,1-3H3,(H,22,25). The molecule has 1 aliphatic rings. The fraction of sp³-hybridized carbons (Fsp3) is 0.333. The quantitative estimate of drug-likeness (QED) is 0.800. The molecular formula is C21H25N3O4. The average Bonchev–Trinajstić information content (AvgIpc) is 2.73. The summed E-state index contributed by atoms with van der Waals surface area (Å²) in [6.07, 6.45) is 0. The van der Waals surface area contributed by atoms with Crippen LogP contribution < -0.4 is 15.0 Å². The first-order valence-corrected chi connectivity index (χ1v) is 9.13. The normalized spacial score (nSPS) is 14.5. The number of nitrogens with one attached hydrogen (secondary N) is 1. The highest BCUT2D eigenvalue weighted by Crippen LogP contribution is 2.28. The number of carbonyl (C=O) groups excluding carboxylic acids is 2. The van der Waals surface area contributed by atoms with Crippen LogP contribution in [0, 0.1) is 0 Å². The van der Waals surface area contributed by atoms with Gasteiger partial charge in [-0.25, -0.2) is 4.79 Å². The molecule has 7 heteroatoms. The smallest absolute Gasteiger partial charge is 0.341 e. The van der Waals surface area contributed by atoms with Gasteiger partial charge in [0.05, 0.1) is 25.6 Å². The molecule has 0 aliphatic carbocycles. The minimum Gasteiger partial charge on any atom is -0.496 e. The molecule has 7 nitrogen and oxygen atoms in total. The van der Waals surface area contributed by atoms with Gasteiger partial charge in [0.15, 0.2) is 0 Å². The van der Waals surface area contributed by atoms with Crippen LogP contribution >= 0.6 is 0 Å². The van der Waals surface area contributed by atoms with E-state index in [1.54, 1.807) is 12.1 Å². The van der Waals surface area contributed by atoms with E-state index < -0.39 is 5.97 Å². The Kier molecular flexibility index (Phi) is 6.16. The monoisotopic (exact) mass is 383 g/mol. The summed E-state index contributed by atoms with van der Waals surface area (Å²) in [5, 5.41) is 2.98. The second-order valence-electron chi connectivity index (χ2n) is 6.67. The molecule has 28 heavy (non-hydrogen) atoms. The van der Waals surface area contributed by atoms with Gasteiger partial charge in [-0.1, -0.05) is 12.1 Å². The number of amides is 1. The topological polar surface area (TPSA) is 71.1 Å². The predicted molar refractivity (Wildman–Crippen MR) is 108 cm³/mol. The van der Waals surface area contributed by atoms with Crippen LogP contribution in [0.1, 0.15) is 20.7 Å². The van der Waals surface area contributed by atoms with Crippen molar-refractivity contribution in [1.29, 1.82) is 0 Å². The van der Waals surface area contributed by atoms with E-state index in [0.717, 1.165) is 37.6 Å². The highest BCUT2D eigenvalue weighted by molar-refractivity contribution is 6.07. The van der Waals surface area contributed by atoms with Crippen molar-refractivity contribution in [3.05, 3.63) is 53.6 Å². The molecule has 1 aliphatic heterocycles. The van der Waals surface area contributed by atoms with Gasteiger partial charge in [-0.3, -0.25) is 4.79 Å². The highest BCUT2D eigenvalue weighted by atomic mass is 16.5. The Hall–Kier alpha value is -3.06. The molecule has 0 spiro atoms. The number of hydrogen-bond acceptors (Lipinski definition) is 6. The number of benzene rings is 2. The van der Waals surface area contributed by atoms with E-state index in [0.29, 0.717) is 11.3 Å². The Morgan fingerprint density at radius 2 is 1.71 bits per heavy atom. The number of piperazine rings is 1. The van der Waals surface area contributed by atoms with E-state index in [1.807, 2.05) is 24.3 Å². The zero-order valence-electron chi connectivity index (χ0n) is 16.4. The van der Waals surface area contributed by atoms with E-state index in [2.05, 4.69) is 22.2 Å². The van der Waals surface area contributed by atoms with Crippen molar-refractivity contribution in [3.63, 3.8) is 0 Å². The minimum atomic E-state index is -0.510. The van der Waals surface area contributed by atoms with Gasteiger partial charge in [-0.2, -0.15) is 0 Å².